The highest BCUT2D eigenvalue weighted by Crippen LogP contribution is 2.20. The van der Waals surface area contributed by atoms with Gasteiger partial charge in [0.25, 0.3) is 0 Å². The Morgan fingerprint density at radius 1 is 0.947 bits per heavy atom. The second-order valence-electron chi connectivity index (χ2n) is 4.81. The van der Waals surface area contributed by atoms with Crippen molar-refractivity contribution in [3.63, 3.8) is 0 Å². The molecule has 0 spiro atoms. The van der Waals surface area contributed by atoms with E-state index in [1.54, 1.807) is 12.4 Å². The summed E-state index contributed by atoms with van der Waals surface area (Å²) in [4.78, 5) is 10.9. The van der Waals surface area contributed by atoms with E-state index in [1.807, 2.05) is 6.07 Å². The largest absolute Gasteiger partial charge is 0.371 e. The van der Waals surface area contributed by atoms with Gasteiger partial charge < -0.3 is 10.2 Å². The molecule has 0 unspecified atom stereocenters. The lowest BCUT2D eigenvalue weighted by Gasteiger charge is -2.33. The van der Waals surface area contributed by atoms with Crippen LogP contribution in [-0.2, 0) is 0 Å². The molecule has 1 aromatic heterocycles. The minimum Gasteiger partial charge on any atom is -0.371 e. The molecule has 0 atom stereocenters. The zero-order valence-electron chi connectivity index (χ0n) is 10.9. The molecule has 19 heavy (non-hydrogen) atoms. The minimum atomic E-state index is 0.474. The van der Waals surface area contributed by atoms with Gasteiger partial charge in [-0.05, 0) is 31.0 Å². The molecule has 98 valence electrons. The molecule has 2 heterocycles. The molecule has 0 amide bonds. The lowest BCUT2D eigenvalue weighted by atomic mass is 10.0. The predicted molar refractivity (Wildman–Crippen MR) is 77.3 cm³/mol. The number of benzene rings is 1. The average molecular weight is 254 g/mol. The van der Waals surface area contributed by atoms with Crippen molar-refractivity contribution in [2.75, 3.05) is 23.3 Å². The van der Waals surface area contributed by atoms with Crippen molar-refractivity contribution in [2.45, 2.75) is 18.9 Å². The summed E-state index contributed by atoms with van der Waals surface area (Å²) < 4.78 is 0. The standard InChI is InChI=1S/C15H18N4/c1-2-5-14(6-3-1)19-11-7-13(8-12-19)18-15-16-9-4-10-17-15/h1-6,9-10,13H,7-8,11-12H2,(H,16,17,18). The molecule has 4 nitrogen and oxygen atoms in total. The van der Waals surface area contributed by atoms with Gasteiger partial charge in [-0.25, -0.2) is 9.97 Å². The van der Waals surface area contributed by atoms with E-state index < -0.39 is 0 Å². The van der Waals surface area contributed by atoms with E-state index in [9.17, 15) is 0 Å². The summed E-state index contributed by atoms with van der Waals surface area (Å²) in [7, 11) is 0. The second-order valence-corrected chi connectivity index (χ2v) is 4.81. The Kier molecular flexibility index (Phi) is 3.58. The van der Waals surface area contributed by atoms with Gasteiger partial charge in [-0.15, -0.1) is 0 Å². The third-order valence-corrected chi connectivity index (χ3v) is 3.52. The van der Waals surface area contributed by atoms with Gasteiger partial charge in [-0.2, -0.15) is 0 Å². The zero-order chi connectivity index (χ0) is 12.9. The monoisotopic (exact) mass is 254 g/mol. The Balaban J connectivity index is 1.55. The van der Waals surface area contributed by atoms with Crippen LogP contribution in [-0.4, -0.2) is 29.1 Å². The lowest BCUT2D eigenvalue weighted by Crippen LogP contribution is -2.39. The van der Waals surface area contributed by atoms with Crippen molar-refractivity contribution in [3.05, 3.63) is 48.8 Å². The van der Waals surface area contributed by atoms with Crippen LogP contribution in [0.2, 0.25) is 0 Å². The highest BCUT2D eigenvalue weighted by atomic mass is 15.2. The van der Waals surface area contributed by atoms with Crippen molar-refractivity contribution in [1.82, 2.24) is 9.97 Å². The molecule has 1 fully saturated rings. The molecule has 2 aromatic rings. The van der Waals surface area contributed by atoms with Crippen LogP contribution in [0.25, 0.3) is 0 Å². The van der Waals surface area contributed by atoms with Crippen LogP contribution in [0.5, 0.6) is 0 Å². The van der Waals surface area contributed by atoms with Crippen molar-refractivity contribution in [1.29, 1.82) is 0 Å². The maximum absolute atomic E-state index is 4.21. The molecule has 0 saturated carbocycles. The summed E-state index contributed by atoms with van der Waals surface area (Å²) in [5.74, 6) is 0.737. The number of nitrogens with one attached hydrogen (secondary N) is 1. The predicted octanol–water partition coefficient (Wildman–Crippen LogP) is 2.56. The SMILES string of the molecule is c1ccc(N2CCC(Nc3ncccn3)CC2)cc1. The Morgan fingerprint density at radius 2 is 1.63 bits per heavy atom. The molecule has 1 aliphatic heterocycles. The fraction of sp³-hybridized carbons (Fsp3) is 0.333. The molecule has 4 heteroatoms. The van der Waals surface area contributed by atoms with E-state index >= 15 is 0 Å². The normalized spacial score (nSPS) is 16.3. The molecular formula is C15H18N4. The summed E-state index contributed by atoms with van der Waals surface area (Å²) in [6.45, 7) is 2.16. The molecule has 1 saturated heterocycles. The van der Waals surface area contributed by atoms with Gasteiger partial charge in [0.1, 0.15) is 0 Å². The summed E-state index contributed by atoms with van der Waals surface area (Å²) in [5.41, 5.74) is 1.32. The molecule has 0 aliphatic carbocycles. The number of para-hydroxylation sites is 1. The van der Waals surface area contributed by atoms with Gasteiger partial charge in [-0.1, -0.05) is 18.2 Å². The van der Waals surface area contributed by atoms with Crippen LogP contribution >= 0.6 is 0 Å². The fourth-order valence-electron chi connectivity index (χ4n) is 2.48. The highest BCUT2D eigenvalue weighted by Gasteiger charge is 2.19. The van der Waals surface area contributed by atoms with Gasteiger partial charge in [-0.3, -0.25) is 0 Å². The first-order chi connectivity index (χ1) is 9.42. The van der Waals surface area contributed by atoms with Crippen LogP contribution in [0.15, 0.2) is 48.8 Å². The van der Waals surface area contributed by atoms with Crippen molar-refractivity contribution in [3.8, 4) is 0 Å². The third-order valence-electron chi connectivity index (χ3n) is 3.52. The number of anilines is 2. The fourth-order valence-corrected chi connectivity index (χ4v) is 2.48. The Hall–Kier alpha value is -2.10. The first-order valence-corrected chi connectivity index (χ1v) is 6.75. The van der Waals surface area contributed by atoms with Crippen LogP contribution in [0.3, 0.4) is 0 Å². The van der Waals surface area contributed by atoms with E-state index in [-0.39, 0.29) is 0 Å². The van der Waals surface area contributed by atoms with Gasteiger partial charge in [0.15, 0.2) is 0 Å². The number of piperidine rings is 1. The van der Waals surface area contributed by atoms with E-state index in [2.05, 4.69) is 50.5 Å². The summed E-state index contributed by atoms with van der Waals surface area (Å²) in [5, 5.41) is 3.40. The number of hydrogen-bond acceptors (Lipinski definition) is 4. The van der Waals surface area contributed by atoms with Gasteiger partial charge in [0.2, 0.25) is 5.95 Å². The van der Waals surface area contributed by atoms with Gasteiger partial charge in [0.05, 0.1) is 0 Å². The van der Waals surface area contributed by atoms with E-state index in [1.165, 1.54) is 5.69 Å². The average Bonchev–Trinajstić information content (AvgIpc) is 2.50. The topological polar surface area (TPSA) is 41.0 Å². The van der Waals surface area contributed by atoms with E-state index in [0.717, 1.165) is 31.9 Å². The molecule has 1 aliphatic rings. The molecule has 0 bridgehead atoms. The molecular weight excluding hydrogens is 236 g/mol. The van der Waals surface area contributed by atoms with Crippen LogP contribution in [0, 0.1) is 0 Å². The van der Waals surface area contributed by atoms with Crippen LogP contribution in [0.4, 0.5) is 11.6 Å². The number of aromatic nitrogens is 2. The summed E-state index contributed by atoms with van der Waals surface area (Å²) in [6.07, 6.45) is 5.78. The van der Waals surface area contributed by atoms with E-state index in [4.69, 9.17) is 0 Å². The quantitative estimate of drug-likeness (QED) is 0.914. The smallest absolute Gasteiger partial charge is 0.222 e. The van der Waals surface area contributed by atoms with Gasteiger partial charge >= 0.3 is 0 Å². The summed E-state index contributed by atoms with van der Waals surface area (Å²) in [6, 6.07) is 12.9. The van der Waals surface area contributed by atoms with Crippen LogP contribution < -0.4 is 10.2 Å². The maximum atomic E-state index is 4.21. The van der Waals surface area contributed by atoms with Crippen molar-refractivity contribution >= 4 is 11.6 Å². The maximum Gasteiger partial charge on any atom is 0.222 e. The third kappa shape index (κ3) is 3.02. The Labute approximate surface area is 113 Å². The molecule has 0 radical (unpaired) electrons. The molecule has 1 N–H and O–H groups in total. The first-order valence-electron chi connectivity index (χ1n) is 6.75. The van der Waals surface area contributed by atoms with Crippen LogP contribution in [0.1, 0.15) is 12.8 Å². The van der Waals surface area contributed by atoms with Crippen molar-refractivity contribution < 1.29 is 0 Å². The van der Waals surface area contributed by atoms with E-state index in [0.29, 0.717) is 6.04 Å². The molecule has 1 aromatic carbocycles. The Bertz CT molecular complexity index is 492. The minimum absolute atomic E-state index is 0.474. The lowest BCUT2D eigenvalue weighted by molar-refractivity contribution is 0.524. The number of nitrogens with zero attached hydrogens (tertiary/aromatic N) is 3. The van der Waals surface area contributed by atoms with Crippen molar-refractivity contribution in [2.24, 2.45) is 0 Å². The first kappa shape index (κ1) is 12.0. The second kappa shape index (κ2) is 5.69. The summed E-state index contributed by atoms with van der Waals surface area (Å²) >= 11 is 0. The molecule has 3 rings (SSSR count). The highest BCUT2D eigenvalue weighted by molar-refractivity contribution is 5.46. The Morgan fingerprint density at radius 3 is 2.32 bits per heavy atom. The van der Waals surface area contributed by atoms with Gasteiger partial charge in [0, 0.05) is 37.2 Å². The number of hydrogen-bond donors (Lipinski definition) is 1. The zero-order valence-corrected chi connectivity index (χ0v) is 10.9. The number of rotatable bonds is 3.